The van der Waals surface area contributed by atoms with Gasteiger partial charge in [-0.15, -0.1) is 0 Å². The van der Waals surface area contributed by atoms with Crippen LogP contribution in [0.25, 0.3) is 0 Å². The second-order valence-electron chi connectivity index (χ2n) is 5.78. The molecule has 0 aliphatic carbocycles. The topological polar surface area (TPSA) is 72.8 Å². The molecule has 2 aromatic rings. The molecule has 0 fully saturated rings. The number of rotatable bonds is 9. The van der Waals surface area contributed by atoms with Crippen LogP contribution < -0.4 is 9.47 Å². The Morgan fingerprint density at radius 1 is 1.04 bits per heavy atom. The third-order valence-corrected chi connectivity index (χ3v) is 4.33. The van der Waals surface area contributed by atoms with Gasteiger partial charge in [0.2, 0.25) is 0 Å². The maximum atomic E-state index is 12.3. The molecule has 5 nitrogen and oxygen atoms in total. The van der Waals surface area contributed by atoms with Gasteiger partial charge in [0, 0.05) is 0 Å². The van der Waals surface area contributed by atoms with E-state index < -0.39 is 11.9 Å². The van der Waals surface area contributed by atoms with Crippen molar-refractivity contribution in [2.45, 2.75) is 32.6 Å². The minimum atomic E-state index is -1.08. The lowest BCUT2D eigenvalue weighted by Gasteiger charge is -2.10. The molecule has 138 valence electrons. The van der Waals surface area contributed by atoms with Crippen LogP contribution in [0.15, 0.2) is 46.9 Å². The highest BCUT2D eigenvalue weighted by molar-refractivity contribution is 9.10. The van der Waals surface area contributed by atoms with E-state index in [0.717, 1.165) is 12.8 Å². The fourth-order valence-electron chi connectivity index (χ4n) is 2.31. The third kappa shape index (κ3) is 5.88. The normalized spacial score (nSPS) is 10.4. The number of carboxylic acids is 1. The van der Waals surface area contributed by atoms with Gasteiger partial charge in [0.1, 0.15) is 11.5 Å². The first kappa shape index (κ1) is 20.0. The predicted molar refractivity (Wildman–Crippen MR) is 102 cm³/mol. The van der Waals surface area contributed by atoms with Gasteiger partial charge in [-0.3, -0.25) is 0 Å². The van der Waals surface area contributed by atoms with Gasteiger partial charge in [0.25, 0.3) is 0 Å². The highest BCUT2D eigenvalue weighted by atomic mass is 79.9. The summed E-state index contributed by atoms with van der Waals surface area (Å²) < 4.78 is 11.6. The zero-order chi connectivity index (χ0) is 18.9. The number of ether oxygens (including phenoxy) is 2. The number of carboxylic acid groups (broad SMARTS) is 1. The molecular weight excluding hydrogens is 400 g/mol. The van der Waals surface area contributed by atoms with Gasteiger partial charge < -0.3 is 14.6 Å². The first-order valence-corrected chi connectivity index (χ1v) is 9.28. The van der Waals surface area contributed by atoms with Gasteiger partial charge in [0.05, 0.1) is 22.2 Å². The molecule has 0 atom stereocenters. The van der Waals surface area contributed by atoms with E-state index in [2.05, 4.69) is 22.9 Å². The van der Waals surface area contributed by atoms with Gasteiger partial charge in [-0.25, -0.2) is 9.59 Å². The van der Waals surface area contributed by atoms with E-state index >= 15 is 0 Å². The number of aromatic carboxylic acids is 1. The first-order chi connectivity index (χ1) is 12.5. The number of hydrogen-bond donors (Lipinski definition) is 1. The molecule has 2 aromatic carbocycles. The molecule has 0 aliphatic rings. The van der Waals surface area contributed by atoms with Gasteiger partial charge in [0.15, 0.2) is 0 Å². The Morgan fingerprint density at radius 2 is 1.85 bits per heavy atom. The minimum absolute atomic E-state index is 0.0586. The molecule has 26 heavy (non-hydrogen) atoms. The Labute approximate surface area is 161 Å². The zero-order valence-corrected chi connectivity index (χ0v) is 16.1. The Balaban J connectivity index is 1.98. The van der Waals surface area contributed by atoms with Crippen LogP contribution in [0.3, 0.4) is 0 Å². The molecule has 0 aromatic heterocycles. The lowest BCUT2D eigenvalue weighted by molar-refractivity contribution is 0.0687. The molecule has 0 radical (unpaired) electrons. The molecular formula is C20H21BrO5. The summed E-state index contributed by atoms with van der Waals surface area (Å²) in [6, 6.07) is 10.8. The summed E-state index contributed by atoms with van der Waals surface area (Å²) in [6.07, 6.45) is 4.49. The van der Waals surface area contributed by atoms with E-state index in [1.54, 1.807) is 18.2 Å². The molecule has 0 spiro atoms. The summed E-state index contributed by atoms with van der Waals surface area (Å²) in [5, 5.41) is 8.99. The van der Waals surface area contributed by atoms with Crippen molar-refractivity contribution in [1.82, 2.24) is 0 Å². The number of benzene rings is 2. The molecule has 2 rings (SSSR count). The molecule has 0 bridgehead atoms. The predicted octanol–water partition coefficient (Wildman–Crippen LogP) is 5.33. The van der Waals surface area contributed by atoms with Crippen molar-refractivity contribution in [3.63, 3.8) is 0 Å². The molecule has 0 aliphatic heterocycles. The van der Waals surface area contributed by atoms with E-state index in [4.69, 9.17) is 14.6 Å². The van der Waals surface area contributed by atoms with Crippen LogP contribution in [0.1, 0.15) is 53.3 Å². The number of esters is 1. The fourth-order valence-corrected chi connectivity index (χ4v) is 2.81. The largest absolute Gasteiger partial charge is 0.492 e. The van der Waals surface area contributed by atoms with Crippen LogP contribution >= 0.6 is 15.9 Å². The lowest BCUT2D eigenvalue weighted by atomic mass is 10.2. The number of carbonyl (C=O) groups is 2. The van der Waals surface area contributed by atoms with E-state index in [1.165, 1.54) is 37.1 Å². The lowest BCUT2D eigenvalue weighted by Crippen LogP contribution is -2.09. The highest BCUT2D eigenvalue weighted by Gasteiger charge is 2.13. The summed E-state index contributed by atoms with van der Waals surface area (Å²) in [5.41, 5.74) is 0.402. The average molecular weight is 421 g/mol. The summed E-state index contributed by atoms with van der Waals surface area (Å²) in [7, 11) is 0. The molecule has 0 unspecified atom stereocenters. The Bertz CT molecular complexity index is 773. The monoisotopic (exact) mass is 420 g/mol. The average Bonchev–Trinajstić information content (AvgIpc) is 2.62. The van der Waals surface area contributed by atoms with Crippen LogP contribution in [0.4, 0.5) is 0 Å². The second-order valence-corrected chi connectivity index (χ2v) is 6.63. The second kappa shape index (κ2) is 9.97. The van der Waals surface area contributed by atoms with Crippen molar-refractivity contribution in [1.29, 1.82) is 0 Å². The smallest absolute Gasteiger partial charge is 0.343 e. The number of hydrogen-bond acceptors (Lipinski definition) is 4. The van der Waals surface area contributed by atoms with Crippen LogP contribution in [-0.2, 0) is 0 Å². The van der Waals surface area contributed by atoms with Gasteiger partial charge in [-0.2, -0.15) is 0 Å². The molecule has 0 heterocycles. The van der Waals surface area contributed by atoms with Gasteiger partial charge >= 0.3 is 11.9 Å². The van der Waals surface area contributed by atoms with E-state index in [1.807, 2.05) is 0 Å². The highest BCUT2D eigenvalue weighted by Crippen LogP contribution is 2.27. The van der Waals surface area contributed by atoms with E-state index in [9.17, 15) is 9.59 Å². The van der Waals surface area contributed by atoms with Gasteiger partial charge in [-0.05, 0) is 58.7 Å². The fraction of sp³-hybridized carbons (Fsp3) is 0.300. The zero-order valence-electron chi connectivity index (χ0n) is 14.5. The van der Waals surface area contributed by atoms with Crippen LogP contribution in [-0.4, -0.2) is 23.7 Å². The molecule has 1 N–H and O–H groups in total. The molecule has 6 heteroatoms. The van der Waals surface area contributed by atoms with Crippen molar-refractivity contribution in [2.75, 3.05) is 6.61 Å². The summed E-state index contributed by atoms with van der Waals surface area (Å²) in [4.78, 5) is 23.2. The van der Waals surface area contributed by atoms with Crippen molar-refractivity contribution >= 4 is 27.9 Å². The first-order valence-electron chi connectivity index (χ1n) is 8.49. The standard InChI is InChI=1S/C20H21BrO5/c1-2-3-4-5-11-25-18-10-9-15(13-17(18)21)20(24)26-16-8-6-7-14(12-16)19(22)23/h6-10,12-13H,2-5,11H2,1H3,(H,22,23). The Kier molecular flexibility index (Phi) is 7.66. The number of unbranched alkanes of at least 4 members (excludes halogenated alkanes) is 3. The van der Waals surface area contributed by atoms with Crippen LogP contribution in [0.5, 0.6) is 11.5 Å². The van der Waals surface area contributed by atoms with Crippen LogP contribution in [0, 0.1) is 0 Å². The Morgan fingerprint density at radius 3 is 2.54 bits per heavy atom. The van der Waals surface area contributed by atoms with Crippen LogP contribution in [0.2, 0.25) is 0 Å². The molecule has 0 amide bonds. The summed E-state index contributed by atoms with van der Waals surface area (Å²) in [5.74, 6) is -0.790. The third-order valence-electron chi connectivity index (χ3n) is 3.71. The number of carbonyl (C=O) groups excluding carboxylic acids is 1. The SMILES string of the molecule is CCCCCCOc1ccc(C(=O)Oc2cccc(C(=O)O)c2)cc1Br. The van der Waals surface area contributed by atoms with Crippen molar-refractivity contribution < 1.29 is 24.2 Å². The van der Waals surface area contributed by atoms with Crippen molar-refractivity contribution in [3.8, 4) is 11.5 Å². The minimum Gasteiger partial charge on any atom is -0.492 e. The van der Waals surface area contributed by atoms with Gasteiger partial charge in [-0.1, -0.05) is 32.3 Å². The maximum Gasteiger partial charge on any atom is 0.343 e. The summed E-state index contributed by atoms with van der Waals surface area (Å²) in [6.45, 7) is 2.79. The molecule has 0 saturated heterocycles. The van der Waals surface area contributed by atoms with E-state index in [-0.39, 0.29) is 11.3 Å². The van der Waals surface area contributed by atoms with Crippen molar-refractivity contribution in [2.24, 2.45) is 0 Å². The Hall–Kier alpha value is -2.34. The van der Waals surface area contributed by atoms with Crippen molar-refractivity contribution in [3.05, 3.63) is 58.1 Å². The number of halogens is 1. The molecule has 0 saturated carbocycles. The quantitative estimate of drug-likeness (QED) is 0.337. The van der Waals surface area contributed by atoms with E-state index in [0.29, 0.717) is 22.4 Å². The maximum absolute atomic E-state index is 12.3. The summed E-state index contributed by atoms with van der Waals surface area (Å²) >= 11 is 3.40.